The fourth-order valence-electron chi connectivity index (χ4n) is 2.96. The zero-order valence-corrected chi connectivity index (χ0v) is 13.6. The summed E-state index contributed by atoms with van der Waals surface area (Å²) in [7, 11) is 0. The third kappa shape index (κ3) is 3.05. The van der Waals surface area contributed by atoms with Crippen molar-refractivity contribution in [2.24, 2.45) is 5.73 Å². The molecule has 1 saturated heterocycles. The maximum Gasteiger partial charge on any atom is 0.237 e. The average molecular weight is 340 g/mol. The Kier molecular flexibility index (Phi) is 5.18. The van der Waals surface area contributed by atoms with Crippen LogP contribution in [0.2, 0.25) is 0 Å². The molecule has 5 heteroatoms. The van der Waals surface area contributed by atoms with Crippen LogP contribution in [-0.4, -0.2) is 36.0 Å². The maximum atomic E-state index is 12.1. The molecule has 1 fully saturated rings. The fraction of sp³-hybridized carbons (Fsp3) is 0.533. The number of nitrogens with two attached hydrogens (primary N) is 1. The van der Waals surface area contributed by atoms with Crippen LogP contribution in [0.3, 0.4) is 0 Å². The highest BCUT2D eigenvalue weighted by Crippen LogP contribution is 2.32. The molecule has 0 aromatic heterocycles. The molecule has 1 heterocycles. The van der Waals surface area contributed by atoms with E-state index in [4.69, 9.17) is 5.73 Å². The van der Waals surface area contributed by atoms with Crippen molar-refractivity contribution in [3.05, 3.63) is 34.3 Å². The lowest BCUT2D eigenvalue weighted by atomic mass is 9.95. The van der Waals surface area contributed by atoms with Crippen LogP contribution in [0.4, 0.5) is 0 Å². The first kappa shape index (κ1) is 15.5. The van der Waals surface area contributed by atoms with E-state index in [0.717, 1.165) is 23.0 Å². The number of amides is 1. The molecule has 3 unspecified atom stereocenters. The standard InChI is InChI=1S/C15H22BrN3O/c1-3-13-15(20)18-8-9-19(13)14(10(2)17)11-6-4-5-7-12(11)16/h4-7,10,13-14H,3,8-9,17H2,1-2H3,(H,18,20). The van der Waals surface area contributed by atoms with Crippen LogP contribution in [0.1, 0.15) is 31.9 Å². The molecule has 110 valence electrons. The maximum absolute atomic E-state index is 12.1. The number of nitrogens with one attached hydrogen (secondary N) is 1. The molecule has 1 aliphatic heterocycles. The van der Waals surface area contributed by atoms with Gasteiger partial charge in [0.1, 0.15) is 0 Å². The molecule has 1 amide bonds. The van der Waals surface area contributed by atoms with Gasteiger partial charge in [-0.3, -0.25) is 9.69 Å². The first-order chi connectivity index (χ1) is 9.56. The Morgan fingerprint density at radius 3 is 2.80 bits per heavy atom. The number of hydrogen-bond donors (Lipinski definition) is 2. The van der Waals surface area contributed by atoms with Crippen molar-refractivity contribution >= 4 is 21.8 Å². The molecule has 1 aromatic rings. The zero-order valence-electron chi connectivity index (χ0n) is 12.0. The van der Waals surface area contributed by atoms with Crippen molar-refractivity contribution < 1.29 is 4.79 Å². The minimum Gasteiger partial charge on any atom is -0.353 e. The molecule has 3 atom stereocenters. The van der Waals surface area contributed by atoms with E-state index in [1.54, 1.807) is 0 Å². The van der Waals surface area contributed by atoms with E-state index in [9.17, 15) is 4.79 Å². The van der Waals surface area contributed by atoms with Crippen molar-refractivity contribution in [2.75, 3.05) is 13.1 Å². The van der Waals surface area contributed by atoms with Crippen molar-refractivity contribution in [3.8, 4) is 0 Å². The van der Waals surface area contributed by atoms with E-state index in [0.29, 0.717) is 6.54 Å². The van der Waals surface area contributed by atoms with Gasteiger partial charge < -0.3 is 11.1 Å². The van der Waals surface area contributed by atoms with Gasteiger partial charge in [0.05, 0.1) is 12.1 Å². The number of rotatable bonds is 4. The Hall–Kier alpha value is -0.910. The van der Waals surface area contributed by atoms with E-state index in [2.05, 4.69) is 32.2 Å². The van der Waals surface area contributed by atoms with Crippen LogP contribution in [0.5, 0.6) is 0 Å². The molecule has 0 radical (unpaired) electrons. The number of piperazine rings is 1. The monoisotopic (exact) mass is 339 g/mol. The Labute approximate surface area is 128 Å². The van der Waals surface area contributed by atoms with E-state index in [1.165, 1.54) is 0 Å². The predicted molar refractivity (Wildman–Crippen MR) is 84.3 cm³/mol. The van der Waals surface area contributed by atoms with Gasteiger partial charge in [0, 0.05) is 23.6 Å². The molecule has 2 rings (SSSR count). The quantitative estimate of drug-likeness (QED) is 0.882. The van der Waals surface area contributed by atoms with Gasteiger partial charge in [-0.2, -0.15) is 0 Å². The molecule has 0 spiro atoms. The van der Waals surface area contributed by atoms with Gasteiger partial charge in [-0.1, -0.05) is 41.1 Å². The summed E-state index contributed by atoms with van der Waals surface area (Å²) in [6.07, 6.45) is 0.791. The molecule has 4 nitrogen and oxygen atoms in total. The first-order valence-electron chi connectivity index (χ1n) is 7.09. The first-order valence-corrected chi connectivity index (χ1v) is 7.89. The van der Waals surface area contributed by atoms with Gasteiger partial charge in [0.25, 0.3) is 0 Å². The average Bonchev–Trinajstić information content (AvgIpc) is 2.41. The highest BCUT2D eigenvalue weighted by Gasteiger charge is 2.36. The lowest BCUT2D eigenvalue weighted by molar-refractivity contribution is -0.130. The highest BCUT2D eigenvalue weighted by atomic mass is 79.9. The van der Waals surface area contributed by atoms with Crippen molar-refractivity contribution in [2.45, 2.75) is 38.4 Å². The van der Waals surface area contributed by atoms with Gasteiger partial charge in [-0.15, -0.1) is 0 Å². The van der Waals surface area contributed by atoms with Gasteiger partial charge in [0.2, 0.25) is 5.91 Å². The van der Waals surface area contributed by atoms with E-state index in [1.807, 2.05) is 32.0 Å². The summed E-state index contributed by atoms with van der Waals surface area (Å²) < 4.78 is 1.04. The minimum absolute atomic E-state index is 0.0431. The Balaban J connectivity index is 2.38. The number of nitrogens with zero attached hydrogens (tertiary/aromatic N) is 1. The summed E-state index contributed by atoms with van der Waals surface area (Å²) >= 11 is 3.61. The molecule has 1 aromatic carbocycles. The smallest absolute Gasteiger partial charge is 0.237 e. The summed E-state index contributed by atoms with van der Waals surface area (Å²) in [4.78, 5) is 14.3. The Morgan fingerprint density at radius 1 is 1.50 bits per heavy atom. The molecule has 0 aliphatic carbocycles. The number of benzene rings is 1. The van der Waals surface area contributed by atoms with Crippen molar-refractivity contribution in [1.29, 1.82) is 0 Å². The zero-order chi connectivity index (χ0) is 14.7. The number of carbonyl (C=O) groups excluding carboxylic acids is 1. The minimum atomic E-state index is -0.105. The Bertz CT molecular complexity index is 478. The second-order valence-electron chi connectivity index (χ2n) is 5.28. The lowest BCUT2D eigenvalue weighted by Crippen LogP contribution is -2.58. The van der Waals surface area contributed by atoms with Gasteiger partial charge in [0.15, 0.2) is 0 Å². The summed E-state index contributed by atoms with van der Waals surface area (Å²) in [5.41, 5.74) is 7.39. The largest absolute Gasteiger partial charge is 0.353 e. The number of hydrogen-bond acceptors (Lipinski definition) is 3. The second kappa shape index (κ2) is 6.70. The molecule has 0 saturated carbocycles. The van der Waals surface area contributed by atoms with Crippen molar-refractivity contribution in [3.63, 3.8) is 0 Å². The summed E-state index contributed by atoms with van der Waals surface area (Å²) in [6, 6.07) is 8.00. The molecular formula is C15H22BrN3O. The van der Waals surface area contributed by atoms with E-state index >= 15 is 0 Å². The lowest BCUT2D eigenvalue weighted by Gasteiger charge is -2.42. The van der Waals surface area contributed by atoms with Crippen LogP contribution < -0.4 is 11.1 Å². The molecule has 1 aliphatic rings. The van der Waals surface area contributed by atoms with E-state index in [-0.39, 0.29) is 24.0 Å². The summed E-state index contributed by atoms with van der Waals surface area (Å²) in [5.74, 6) is 0.108. The number of halogens is 1. The SMILES string of the molecule is CCC1C(=O)NCCN1C(c1ccccc1Br)C(C)N. The third-order valence-corrected chi connectivity index (χ3v) is 4.56. The molecule has 3 N–H and O–H groups in total. The van der Waals surface area contributed by atoms with Crippen LogP contribution in [0, 0.1) is 0 Å². The second-order valence-corrected chi connectivity index (χ2v) is 6.13. The number of carbonyl (C=O) groups is 1. The highest BCUT2D eigenvalue weighted by molar-refractivity contribution is 9.10. The normalized spacial score (nSPS) is 23.2. The van der Waals surface area contributed by atoms with Gasteiger partial charge >= 0.3 is 0 Å². The van der Waals surface area contributed by atoms with E-state index < -0.39 is 0 Å². The fourth-order valence-corrected chi connectivity index (χ4v) is 3.48. The van der Waals surface area contributed by atoms with Crippen LogP contribution >= 0.6 is 15.9 Å². The summed E-state index contributed by atoms with van der Waals surface area (Å²) in [6.45, 7) is 5.56. The van der Waals surface area contributed by atoms with Crippen LogP contribution in [0.25, 0.3) is 0 Å². The predicted octanol–water partition coefficient (Wildman–Crippen LogP) is 2.05. The third-order valence-electron chi connectivity index (χ3n) is 3.84. The molecule has 20 heavy (non-hydrogen) atoms. The van der Waals surface area contributed by atoms with Crippen molar-refractivity contribution in [1.82, 2.24) is 10.2 Å². The van der Waals surface area contributed by atoms with Crippen LogP contribution in [0.15, 0.2) is 28.7 Å². The Morgan fingerprint density at radius 2 is 2.20 bits per heavy atom. The topological polar surface area (TPSA) is 58.4 Å². The summed E-state index contributed by atoms with van der Waals surface area (Å²) in [5, 5.41) is 2.94. The molecule has 0 bridgehead atoms. The van der Waals surface area contributed by atoms with Gasteiger partial charge in [-0.25, -0.2) is 0 Å². The van der Waals surface area contributed by atoms with Crippen LogP contribution in [-0.2, 0) is 4.79 Å². The molecular weight excluding hydrogens is 318 g/mol. The van der Waals surface area contributed by atoms with Gasteiger partial charge in [-0.05, 0) is 25.0 Å².